The van der Waals surface area contributed by atoms with Crippen LogP contribution >= 0.6 is 0 Å². The lowest BCUT2D eigenvalue weighted by Gasteiger charge is -2.55. The van der Waals surface area contributed by atoms with Gasteiger partial charge in [-0.3, -0.25) is 20.2 Å². The fourth-order valence-electron chi connectivity index (χ4n) is 5.49. The Morgan fingerprint density at radius 1 is 1.21 bits per heavy atom. The number of fused-ring (bicyclic) bond motifs is 4. The molecule has 1 spiro atoms. The number of methoxy groups -OCH3 is 1. The molecule has 0 unspecified atom stereocenters. The van der Waals surface area contributed by atoms with Gasteiger partial charge in [0.1, 0.15) is 0 Å². The summed E-state index contributed by atoms with van der Waals surface area (Å²) in [5, 5.41) is 8.03. The first-order valence-corrected chi connectivity index (χ1v) is 10.4. The third-order valence-corrected chi connectivity index (χ3v) is 6.80. The van der Waals surface area contributed by atoms with Crippen LogP contribution in [0.25, 0.3) is 11.4 Å². The minimum absolute atomic E-state index is 0.0433. The molecule has 2 aromatic rings. The summed E-state index contributed by atoms with van der Waals surface area (Å²) in [5.41, 5.74) is -1.81. The first-order chi connectivity index (χ1) is 15.7. The van der Waals surface area contributed by atoms with Crippen LogP contribution < -0.4 is 15.5 Å². The molecule has 2 fully saturated rings. The zero-order chi connectivity index (χ0) is 23.7. The van der Waals surface area contributed by atoms with E-state index in [1.54, 1.807) is 0 Å². The molecule has 0 aliphatic carbocycles. The quantitative estimate of drug-likeness (QED) is 0.644. The van der Waals surface area contributed by atoms with Crippen molar-refractivity contribution in [3.8, 4) is 11.4 Å². The number of aryl methyl sites for hydroxylation is 1. The maximum atomic E-state index is 15.6. The van der Waals surface area contributed by atoms with Crippen LogP contribution in [-0.4, -0.2) is 53.8 Å². The van der Waals surface area contributed by atoms with Gasteiger partial charge in [0.2, 0.25) is 23.5 Å². The molecule has 3 atom stereocenters. The fourth-order valence-corrected chi connectivity index (χ4v) is 5.49. The number of rotatable bonds is 2. The van der Waals surface area contributed by atoms with Crippen molar-refractivity contribution in [3.63, 3.8) is 0 Å². The van der Waals surface area contributed by atoms with Gasteiger partial charge in [-0.25, -0.2) is 13.6 Å². The number of benzene rings is 1. The van der Waals surface area contributed by atoms with E-state index in [9.17, 15) is 14.4 Å². The van der Waals surface area contributed by atoms with Crippen LogP contribution in [0.5, 0.6) is 0 Å². The smallest absolute Gasteiger partial charge is 0.328 e. The average molecular weight is 461 g/mol. The summed E-state index contributed by atoms with van der Waals surface area (Å²) in [6, 6.07) is -0.412. The van der Waals surface area contributed by atoms with Gasteiger partial charge >= 0.3 is 6.03 Å². The number of amides is 4. The van der Waals surface area contributed by atoms with Gasteiger partial charge in [0, 0.05) is 20.6 Å². The zero-order valence-electron chi connectivity index (χ0n) is 18.1. The van der Waals surface area contributed by atoms with Crippen LogP contribution in [0.15, 0.2) is 10.6 Å². The van der Waals surface area contributed by atoms with E-state index >= 15 is 8.78 Å². The molecule has 4 heterocycles. The maximum absolute atomic E-state index is 15.6. The monoisotopic (exact) mass is 461 g/mol. The van der Waals surface area contributed by atoms with E-state index < -0.39 is 40.9 Å². The number of urea groups is 1. The first kappa shape index (κ1) is 21.4. The predicted molar refractivity (Wildman–Crippen MR) is 108 cm³/mol. The topological polar surface area (TPSA) is 127 Å². The number of aromatic nitrogens is 2. The van der Waals surface area contributed by atoms with E-state index in [1.165, 1.54) is 25.0 Å². The molecule has 10 nitrogen and oxygen atoms in total. The lowest BCUT2D eigenvalue weighted by atomic mass is 9.63. The molecule has 2 N–H and O–H groups in total. The third kappa shape index (κ3) is 2.96. The summed E-state index contributed by atoms with van der Waals surface area (Å²) in [6.45, 7) is 3.46. The number of carbonyl (C=O) groups is 3. The normalized spacial score (nSPS) is 26.0. The molecule has 2 saturated heterocycles. The highest BCUT2D eigenvalue weighted by Gasteiger charge is 2.63. The number of nitrogens with zero attached hydrogens (tertiary/aromatic N) is 3. The van der Waals surface area contributed by atoms with Gasteiger partial charge in [0.05, 0.1) is 23.4 Å². The van der Waals surface area contributed by atoms with Crippen LogP contribution in [0.2, 0.25) is 0 Å². The van der Waals surface area contributed by atoms with Crippen molar-refractivity contribution in [2.75, 3.05) is 18.6 Å². The molecule has 3 aliphatic heterocycles. The van der Waals surface area contributed by atoms with Crippen molar-refractivity contribution < 1.29 is 32.4 Å². The Morgan fingerprint density at radius 2 is 1.91 bits per heavy atom. The van der Waals surface area contributed by atoms with Crippen LogP contribution in [0.4, 0.5) is 19.3 Å². The Hall–Kier alpha value is -3.41. The van der Waals surface area contributed by atoms with Gasteiger partial charge in [-0.15, -0.1) is 0 Å². The van der Waals surface area contributed by atoms with Gasteiger partial charge in [-0.05, 0) is 30.4 Å². The van der Waals surface area contributed by atoms with E-state index in [2.05, 4.69) is 20.8 Å². The van der Waals surface area contributed by atoms with Gasteiger partial charge < -0.3 is 14.2 Å². The first-order valence-electron chi connectivity index (χ1n) is 10.4. The standard InChI is InChI=1S/C21H21F2N5O5/c1-8-4-11(32-3)7-28-15-10(5-12(13(22)14(15)23)17-24-9(2)33-27-17)6-21(16(8)28)18(29)25-20(31)26-19(21)30/h5,8,11,16H,4,6-7H2,1-3H3,(H2,25,26,29,30,31)/t8-,11+,16-/m1/s1. The van der Waals surface area contributed by atoms with Gasteiger partial charge in [0.25, 0.3) is 0 Å². The van der Waals surface area contributed by atoms with Crippen molar-refractivity contribution in [2.45, 2.75) is 38.8 Å². The molecule has 4 amide bonds. The number of hydrogen-bond acceptors (Lipinski definition) is 8. The number of hydrogen-bond donors (Lipinski definition) is 2. The van der Waals surface area contributed by atoms with Crippen molar-refractivity contribution >= 4 is 23.5 Å². The molecule has 33 heavy (non-hydrogen) atoms. The van der Waals surface area contributed by atoms with Crippen LogP contribution in [-0.2, 0) is 20.7 Å². The molecule has 3 aliphatic rings. The summed E-state index contributed by atoms with van der Waals surface area (Å²) in [5.74, 6) is -4.16. The second kappa shape index (κ2) is 7.30. The SMILES string of the molecule is CO[C@H]1C[C@@H](C)[C@H]2N(C1)c1c(cc(-c3noc(C)n3)c(F)c1F)CC21C(=O)NC(=O)NC1=O. The van der Waals surface area contributed by atoms with Crippen molar-refractivity contribution in [2.24, 2.45) is 11.3 Å². The van der Waals surface area contributed by atoms with E-state index in [-0.39, 0.29) is 53.5 Å². The van der Waals surface area contributed by atoms with Crippen LogP contribution in [0.3, 0.4) is 0 Å². The Morgan fingerprint density at radius 3 is 2.52 bits per heavy atom. The van der Waals surface area contributed by atoms with Crippen molar-refractivity contribution in [3.05, 3.63) is 29.2 Å². The number of nitrogens with one attached hydrogen (secondary N) is 2. The lowest BCUT2D eigenvalue weighted by Crippen LogP contribution is -2.74. The summed E-state index contributed by atoms with van der Waals surface area (Å²) in [6.07, 6.45) is -0.0806. The average Bonchev–Trinajstić information content (AvgIpc) is 3.19. The maximum Gasteiger partial charge on any atom is 0.328 e. The number of halogens is 2. The number of carbonyl (C=O) groups excluding carboxylic acids is 3. The number of barbiturate groups is 1. The molecule has 0 saturated carbocycles. The highest BCUT2D eigenvalue weighted by Crippen LogP contribution is 2.50. The molecule has 1 aromatic carbocycles. The zero-order valence-corrected chi connectivity index (χ0v) is 18.1. The number of ether oxygens (including phenoxy) is 1. The number of piperidine rings is 1. The molecule has 1 aromatic heterocycles. The molecular weight excluding hydrogens is 440 g/mol. The molecule has 12 heteroatoms. The lowest BCUT2D eigenvalue weighted by molar-refractivity contribution is -0.148. The summed E-state index contributed by atoms with van der Waals surface area (Å²) >= 11 is 0. The Labute approximate surface area is 186 Å². The second-order valence-electron chi connectivity index (χ2n) is 8.75. The second-order valence-corrected chi connectivity index (χ2v) is 8.75. The van der Waals surface area contributed by atoms with Crippen LogP contribution in [0.1, 0.15) is 24.8 Å². The molecule has 5 rings (SSSR count). The number of imide groups is 2. The fraction of sp³-hybridized carbons (Fsp3) is 0.476. The predicted octanol–water partition coefficient (Wildman–Crippen LogP) is 1.46. The molecule has 0 radical (unpaired) electrons. The minimum atomic E-state index is -1.73. The van der Waals surface area contributed by atoms with E-state index in [0.717, 1.165) is 0 Å². The van der Waals surface area contributed by atoms with Gasteiger partial charge in [0.15, 0.2) is 17.0 Å². The summed E-state index contributed by atoms with van der Waals surface area (Å²) in [7, 11) is 1.51. The van der Waals surface area contributed by atoms with Gasteiger partial charge in [-0.1, -0.05) is 12.1 Å². The molecular formula is C21H21F2N5O5. The minimum Gasteiger partial charge on any atom is -0.380 e. The Balaban J connectivity index is 1.75. The Bertz CT molecular complexity index is 1180. The highest BCUT2D eigenvalue weighted by atomic mass is 19.2. The van der Waals surface area contributed by atoms with Crippen molar-refractivity contribution in [1.82, 2.24) is 20.8 Å². The highest BCUT2D eigenvalue weighted by molar-refractivity contribution is 6.20. The van der Waals surface area contributed by atoms with Gasteiger partial charge in [-0.2, -0.15) is 4.98 Å². The van der Waals surface area contributed by atoms with Crippen molar-refractivity contribution in [1.29, 1.82) is 0 Å². The number of anilines is 1. The van der Waals surface area contributed by atoms with Crippen LogP contribution in [0, 0.1) is 29.9 Å². The van der Waals surface area contributed by atoms with E-state index in [1.807, 2.05) is 6.92 Å². The summed E-state index contributed by atoms with van der Waals surface area (Å²) in [4.78, 5) is 43.7. The largest absolute Gasteiger partial charge is 0.380 e. The van der Waals surface area contributed by atoms with E-state index in [0.29, 0.717) is 6.42 Å². The Kier molecular flexibility index (Phi) is 4.74. The third-order valence-electron chi connectivity index (χ3n) is 6.80. The molecule has 174 valence electrons. The molecule has 0 bridgehead atoms. The van der Waals surface area contributed by atoms with E-state index in [4.69, 9.17) is 9.26 Å². The summed E-state index contributed by atoms with van der Waals surface area (Å²) < 4.78 is 41.2.